The maximum Gasteiger partial charge on any atom is 0.164 e. The molecule has 0 atom stereocenters. The SMILES string of the molecule is CCCCC.O=CC=NO. The number of oxime groups is 1. The van der Waals surface area contributed by atoms with Gasteiger partial charge in [0, 0.05) is 0 Å². The Bertz CT molecular complexity index is 79.7. The molecule has 0 aromatic carbocycles. The molecule has 0 rings (SSSR count). The molecule has 0 fully saturated rings. The summed E-state index contributed by atoms with van der Waals surface area (Å²) < 4.78 is 0. The van der Waals surface area contributed by atoms with Crippen LogP contribution in [0.15, 0.2) is 5.16 Å². The molecule has 60 valence electrons. The van der Waals surface area contributed by atoms with E-state index in [-0.39, 0.29) is 0 Å². The summed E-state index contributed by atoms with van der Waals surface area (Å²) in [5, 5.41) is 9.77. The molecule has 0 radical (unpaired) electrons. The Kier molecular flexibility index (Phi) is 18.7. The van der Waals surface area contributed by atoms with E-state index in [0.29, 0.717) is 6.29 Å². The maximum atomic E-state index is 9.10. The molecule has 0 saturated carbocycles. The molecule has 0 spiro atoms. The van der Waals surface area contributed by atoms with Gasteiger partial charge in [-0.2, -0.15) is 0 Å². The lowest BCUT2D eigenvalue weighted by Crippen LogP contribution is -1.67. The van der Waals surface area contributed by atoms with E-state index in [4.69, 9.17) is 10.0 Å². The lowest BCUT2D eigenvalue weighted by molar-refractivity contribution is -0.102. The second kappa shape index (κ2) is 15.7. The maximum absolute atomic E-state index is 9.10. The molecule has 0 saturated heterocycles. The molecule has 0 unspecified atom stereocenters. The van der Waals surface area contributed by atoms with Crippen molar-refractivity contribution in [2.45, 2.75) is 33.1 Å². The Labute approximate surface area is 61.7 Å². The Balaban J connectivity index is 0. The number of carbonyl (C=O) groups is 1. The van der Waals surface area contributed by atoms with Gasteiger partial charge in [0.1, 0.15) is 6.21 Å². The Hall–Kier alpha value is -0.860. The molecule has 0 amide bonds. The topological polar surface area (TPSA) is 49.7 Å². The molecular formula is C7H15NO2. The van der Waals surface area contributed by atoms with E-state index in [0.717, 1.165) is 6.21 Å². The van der Waals surface area contributed by atoms with Gasteiger partial charge in [-0.25, -0.2) is 0 Å². The van der Waals surface area contributed by atoms with Gasteiger partial charge in [0.05, 0.1) is 0 Å². The van der Waals surface area contributed by atoms with Crippen LogP contribution in [0.2, 0.25) is 0 Å². The second-order valence-corrected chi connectivity index (χ2v) is 1.75. The van der Waals surface area contributed by atoms with Gasteiger partial charge in [-0.3, -0.25) is 4.79 Å². The van der Waals surface area contributed by atoms with Crippen molar-refractivity contribution < 1.29 is 10.0 Å². The molecule has 0 aliphatic carbocycles. The highest BCUT2D eigenvalue weighted by Gasteiger charge is 1.68. The number of hydrogen-bond acceptors (Lipinski definition) is 3. The van der Waals surface area contributed by atoms with Crippen LogP contribution >= 0.6 is 0 Å². The summed E-state index contributed by atoms with van der Waals surface area (Å²) in [6.45, 7) is 4.42. The highest BCUT2D eigenvalue weighted by Crippen LogP contribution is 1.88. The third-order valence-corrected chi connectivity index (χ3v) is 0.835. The number of rotatable bonds is 3. The summed E-state index contributed by atoms with van der Waals surface area (Å²) in [7, 11) is 0. The van der Waals surface area contributed by atoms with Crippen molar-refractivity contribution in [1.82, 2.24) is 0 Å². The van der Waals surface area contributed by atoms with Gasteiger partial charge in [-0.1, -0.05) is 38.3 Å². The zero-order chi connectivity index (χ0) is 8.24. The van der Waals surface area contributed by atoms with Crippen LogP contribution in [-0.4, -0.2) is 17.7 Å². The van der Waals surface area contributed by atoms with Crippen molar-refractivity contribution in [3.63, 3.8) is 0 Å². The summed E-state index contributed by atoms with van der Waals surface area (Å²) in [4.78, 5) is 9.10. The third-order valence-electron chi connectivity index (χ3n) is 0.835. The zero-order valence-corrected chi connectivity index (χ0v) is 6.58. The molecule has 3 heteroatoms. The second-order valence-electron chi connectivity index (χ2n) is 1.75. The number of unbranched alkanes of at least 4 members (excludes halogenated alkanes) is 2. The Morgan fingerprint density at radius 2 is 1.90 bits per heavy atom. The Morgan fingerprint density at radius 3 is 1.90 bits per heavy atom. The fourth-order valence-electron chi connectivity index (χ4n) is 0.381. The van der Waals surface area contributed by atoms with Gasteiger partial charge in [0.2, 0.25) is 0 Å². The molecule has 3 nitrogen and oxygen atoms in total. The number of aldehydes is 1. The number of carbonyl (C=O) groups excluding carboxylic acids is 1. The largest absolute Gasteiger partial charge is 0.411 e. The predicted molar refractivity (Wildman–Crippen MR) is 41.5 cm³/mol. The van der Waals surface area contributed by atoms with Crippen molar-refractivity contribution in [2.24, 2.45) is 5.16 Å². The Morgan fingerprint density at radius 1 is 1.40 bits per heavy atom. The number of nitrogens with zero attached hydrogens (tertiary/aromatic N) is 1. The van der Waals surface area contributed by atoms with E-state index in [1.165, 1.54) is 19.3 Å². The first-order valence-electron chi connectivity index (χ1n) is 3.44. The fourth-order valence-corrected chi connectivity index (χ4v) is 0.381. The normalized spacial score (nSPS) is 8.60. The first-order valence-corrected chi connectivity index (χ1v) is 3.44. The van der Waals surface area contributed by atoms with Crippen molar-refractivity contribution in [2.75, 3.05) is 0 Å². The van der Waals surface area contributed by atoms with Crippen LogP contribution in [0.3, 0.4) is 0 Å². The molecule has 0 aliphatic rings. The van der Waals surface area contributed by atoms with Crippen molar-refractivity contribution in [3.8, 4) is 0 Å². The van der Waals surface area contributed by atoms with E-state index in [9.17, 15) is 0 Å². The van der Waals surface area contributed by atoms with Gasteiger partial charge >= 0.3 is 0 Å². The highest BCUT2D eigenvalue weighted by molar-refractivity contribution is 6.12. The minimum absolute atomic E-state index is 0.389. The molecule has 10 heavy (non-hydrogen) atoms. The van der Waals surface area contributed by atoms with Crippen molar-refractivity contribution in [1.29, 1.82) is 0 Å². The van der Waals surface area contributed by atoms with Gasteiger partial charge in [-0.05, 0) is 0 Å². The van der Waals surface area contributed by atoms with Crippen molar-refractivity contribution in [3.05, 3.63) is 0 Å². The number of hydrogen-bond donors (Lipinski definition) is 1. The predicted octanol–water partition coefficient (Wildman–Crippen LogP) is 1.84. The minimum Gasteiger partial charge on any atom is -0.411 e. The van der Waals surface area contributed by atoms with Crippen LogP contribution in [0.25, 0.3) is 0 Å². The van der Waals surface area contributed by atoms with Crippen LogP contribution in [0.1, 0.15) is 33.1 Å². The summed E-state index contributed by atoms with van der Waals surface area (Å²) in [6, 6.07) is 0. The first-order chi connectivity index (χ1) is 4.83. The molecule has 0 aliphatic heterocycles. The van der Waals surface area contributed by atoms with E-state index < -0.39 is 0 Å². The molecular weight excluding hydrogens is 130 g/mol. The quantitative estimate of drug-likeness (QED) is 0.285. The molecule has 0 bridgehead atoms. The average Bonchev–Trinajstić information content (AvgIpc) is 1.93. The van der Waals surface area contributed by atoms with Gasteiger partial charge in [0.15, 0.2) is 6.29 Å². The summed E-state index contributed by atoms with van der Waals surface area (Å²) in [6.07, 6.45) is 5.22. The third kappa shape index (κ3) is 27.3. The van der Waals surface area contributed by atoms with E-state index in [1.54, 1.807) is 0 Å². The first kappa shape index (κ1) is 11.9. The lowest BCUT2D eigenvalue weighted by atomic mass is 10.3. The van der Waals surface area contributed by atoms with E-state index in [1.807, 2.05) is 0 Å². The summed E-state index contributed by atoms with van der Waals surface area (Å²) in [5.74, 6) is 0. The smallest absolute Gasteiger partial charge is 0.164 e. The van der Waals surface area contributed by atoms with Crippen LogP contribution in [-0.2, 0) is 4.79 Å². The zero-order valence-electron chi connectivity index (χ0n) is 6.58. The lowest BCUT2D eigenvalue weighted by Gasteiger charge is -1.79. The summed E-state index contributed by atoms with van der Waals surface area (Å²) in [5.41, 5.74) is 0. The van der Waals surface area contributed by atoms with Crippen molar-refractivity contribution >= 4 is 12.5 Å². The fraction of sp³-hybridized carbons (Fsp3) is 0.714. The molecule has 0 aromatic rings. The average molecular weight is 145 g/mol. The molecule has 0 aromatic heterocycles. The van der Waals surface area contributed by atoms with Crippen LogP contribution < -0.4 is 0 Å². The van der Waals surface area contributed by atoms with Crippen LogP contribution in [0, 0.1) is 0 Å². The summed E-state index contributed by atoms with van der Waals surface area (Å²) >= 11 is 0. The van der Waals surface area contributed by atoms with Gasteiger partial charge in [0.25, 0.3) is 0 Å². The van der Waals surface area contributed by atoms with Gasteiger partial charge in [-0.15, -0.1) is 0 Å². The molecule has 0 heterocycles. The van der Waals surface area contributed by atoms with E-state index >= 15 is 0 Å². The van der Waals surface area contributed by atoms with Crippen LogP contribution in [0.4, 0.5) is 0 Å². The minimum atomic E-state index is 0.389. The highest BCUT2D eigenvalue weighted by atomic mass is 16.4. The monoisotopic (exact) mass is 145 g/mol. The van der Waals surface area contributed by atoms with Crippen LogP contribution in [0.5, 0.6) is 0 Å². The molecule has 1 N–H and O–H groups in total. The van der Waals surface area contributed by atoms with Gasteiger partial charge < -0.3 is 5.21 Å². The van der Waals surface area contributed by atoms with E-state index in [2.05, 4.69) is 19.0 Å². The standard InChI is InChI=1S/C5H12.C2H3NO2/c1-3-5-4-2;4-2-1-3-5/h3-5H2,1-2H3;1-2,5H.